The minimum absolute atomic E-state index is 0.158. The Bertz CT molecular complexity index is 170. The fourth-order valence-corrected chi connectivity index (χ4v) is 1.15. The van der Waals surface area contributed by atoms with Crippen LogP contribution in [0.2, 0.25) is 0 Å². The number of rotatable bonds is 4. The number of hydrogen-bond acceptors (Lipinski definition) is 1. The number of halogens is 3. The van der Waals surface area contributed by atoms with Crippen molar-refractivity contribution in [3.63, 3.8) is 0 Å². The van der Waals surface area contributed by atoms with E-state index in [1.165, 1.54) is 0 Å². The Balaban J connectivity index is 2.29. The van der Waals surface area contributed by atoms with Gasteiger partial charge in [-0.05, 0) is 18.8 Å². The molecule has 1 fully saturated rings. The fourth-order valence-electron chi connectivity index (χ4n) is 1.15. The Hall–Kier alpha value is -0.250. The second kappa shape index (κ2) is 3.48. The van der Waals surface area contributed by atoms with E-state index in [1.807, 2.05) is 13.8 Å². The van der Waals surface area contributed by atoms with Crippen LogP contribution < -0.4 is 0 Å². The fraction of sp³-hybridized carbons (Fsp3) is 1.00. The molecule has 0 aliphatic heterocycles. The van der Waals surface area contributed by atoms with Crippen LogP contribution in [0.15, 0.2) is 0 Å². The van der Waals surface area contributed by atoms with Crippen molar-refractivity contribution < 1.29 is 17.9 Å². The first-order valence-corrected chi connectivity index (χ1v) is 4.52. The van der Waals surface area contributed by atoms with Gasteiger partial charge in [-0.1, -0.05) is 13.8 Å². The summed E-state index contributed by atoms with van der Waals surface area (Å²) in [6.07, 6.45) is -3.62. The van der Waals surface area contributed by atoms with Crippen molar-refractivity contribution in [2.75, 3.05) is 13.2 Å². The molecule has 0 aromatic carbocycles. The molecule has 0 saturated heterocycles. The monoisotopic (exact) mass is 196 g/mol. The molecular weight excluding hydrogens is 181 g/mol. The Morgan fingerprint density at radius 1 is 1.31 bits per heavy atom. The van der Waals surface area contributed by atoms with E-state index in [4.69, 9.17) is 4.74 Å². The molecule has 1 rings (SSSR count). The normalized spacial score (nSPS) is 20.8. The van der Waals surface area contributed by atoms with Gasteiger partial charge in [0.15, 0.2) is 0 Å². The van der Waals surface area contributed by atoms with Gasteiger partial charge in [0, 0.05) is 6.61 Å². The Morgan fingerprint density at radius 3 is 2.15 bits per heavy atom. The molecule has 0 aromatic rings. The molecule has 78 valence electrons. The van der Waals surface area contributed by atoms with Gasteiger partial charge >= 0.3 is 6.18 Å². The van der Waals surface area contributed by atoms with Crippen LogP contribution in [-0.2, 0) is 4.74 Å². The number of ether oxygens (including phenoxy) is 1. The first-order valence-electron chi connectivity index (χ1n) is 4.52. The highest BCUT2D eigenvalue weighted by Gasteiger charge is 2.63. The van der Waals surface area contributed by atoms with Crippen LogP contribution in [0, 0.1) is 11.3 Å². The second-order valence-corrected chi connectivity index (χ2v) is 4.19. The van der Waals surface area contributed by atoms with Crippen LogP contribution in [0.1, 0.15) is 26.7 Å². The van der Waals surface area contributed by atoms with Crippen molar-refractivity contribution in [3.05, 3.63) is 0 Å². The Kier molecular flexibility index (Phi) is 2.90. The topological polar surface area (TPSA) is 9.23 Å². The zero-order chi connectivity index (χ0) is 10.1. The van der Waals surface area contributed by atoms with E-state index in [0.717, 1.165) is 0 Å². The van der Waals surface area contributed by atoms with Gasteiger partial charge in [0.1, 0.15) is 0 Å². The van der Waals surface area contributed by atoms with Crippen molar-refractivity contribution in [2.45, 2.75) is 32.9 Å². The zero-order valence-corrected chi connectivity index (χ0v) is 7.95. The highest BCUT2D eigenvalue weighted by Crippen LogP contribution is 2.57. The summed E-state index contributed by atoms with van der Waals surface area (Å²) in [6, 6.07) is 0. The third-order valence-corrected chi connectivity index (χ3v) is 2.28. The maximum atomic E-state index is 12.3. The highest BCUT2D eigenvalue weighted by atomic mass is 19.4. The molecular formula is C9H15F3O. The average molecular weight is 196 g/mol. The minimum atomic E-state index is -4.08. The summed E-state index contributed by atoms with van der Waals surface area (Å²) in [6.45, 7) is 4.10. The van der Waals surface area contributed by atoms with Crippen molar-refractivity contribution in [1.82, 2.24) is 0 Å². The first-order chi connectivity index (χ1) is 5.87. The molecule has 0 radical (unpaired) electrons. The van der Waals surface area contributed by atoms with Crippen molar-refractivity contribution in [3.8, 4) is 0 Å². The molecule has 0 heterocycles. The maximum Gasteiger partial charge on any atom is 0.396 e. The third-order valence-electron chi connectivity index (χ3n) is 2.28. The van der Waals surface area contributed by atoms with Gasteiger partial charge < -0.3 is 4.74 Å². The van der Waals surface area contributed by atoms with E-state index in [-0.39, 0.29) is 19.4 Å². The summed E-state index contributed by atoms with van der Waals surface area (Å²) in [5.41, 5.74) is -1.50. The lowest BCUT2D eigenvalue weighted by molar-refractivity contribution is -0.202. The molecule has 0 N–H and O–H groups in total. The highest BCUT2D eigenvalue weighted by molar-refractivity contribution is 4.99. The van der Waals surface area contributed by atoms with Crippen LogP contribution in [0.3, 0.4) is 0 Å². The summed E-state index contributed by atoms with van der Waals surface area (Å²) in [5.74, 6) is 0.295. The van der Waals surface area contributed by atoms with E-state index in [0.29, 0.717) is 12.5 Å². The van der Waals surface area contributed by atoms with Gasteiger partial charge in [0.2, 0.25) is 0 Å². The van der Waals surface area contributed by atoms with Crippen LogP contribution in [0.5, 0.6) is 0 Å². The molecule has 0 spiro atoms. The van der Waals surface area contributed by atoms with Gasteiger partial charge in [-0.15, -0.1) is 0 Å². The predicted molar refractivity (Wildman–Crippen MR) is 43.4 cm³/mol. The molecule has 1 aliphatic carbocycles. The lowest BCUT2D eigenvalue weighted by atomic mass is 10.1. The summed E-state index contributed by atoms with van der Waals surface area (Å²) in [5, 5.41) is 0. The second-order valence-electron chi connectivity index (χ2n) is 4.19. The summed E-state index contributed by atoms with van der Waals surface area (Å²) in [7, 11) is 0. The first kappa shape index (κ1) is 10.8. The molecule has 4 heteroatoms. The number of alkyl halides is 3. The van der Waals surface area contributed by atoms with Gasteiger partial charge in [0.05, 0.1) is 12.0 Å². The Morgan fingerprint density at radius 2 is 1.85 bits per heavy atom. The largest absolute Gasteiger partial charge is 0.396 e. The smallest absolute Gasteiger partial charge is 0.380 e. The third kappa shape index (κ3) is 2.59. The van der Waals surface area contributed by atoms with Gasteiger partial charge in [-0.3, -0.25) is 0 Å². The lowest BCUT2D eigenvalue weighted by Crippen LogP contribution is -2.29. The van der Waals surface area contributed by atoms with Crippen molar-refractivity contribution in [2.24, 2.45) is 11.3 Å². The molecule has 0 bridgehead atoms. The van der Waals surface area contributed by atoms with Crippen molar-refractivity contribution >= 4 is 0 Å². The molecule has 0 atom stereocenters. The van der Waals surface area contributed by atoms with Crippen LogP contribution >= 0.6 is 0 Å². The van der Waals surface area contributed by atoms with Crippen LogP contribution in [0.25, 0.3) is 0 Å². The van der Waals surface area contributed by atoms with Gasteiger partial charge in [-0.25, -0.2) is 0 Å². The molecule has 1 saturated carbocycles. The Labute approximate surface area is 76.3 Å². The van der Waals surface area contributed by atoms with Crippen LogP contribution in [0.4, 0.5) is 13.2 Å². The summed E-state index contributed by atoms with van der Waals surface area (Å²) < 4.78 is 42.0. The SMILES string of the molecule is CC(C)COCC1(C(F)(F)F)CC1. The lowest BCUT2D eigenvalue weighted by Gasteiger charge is -2.19. The molecule has 1 nitrogen and oxygen atoms in total. The van der Waals surface area contributed by atoms with Crippen LogP contribution in [-0.4, -0.2) is 19.4 Å². The van der Waals surface area contributed by atoms with E-state index in [9.17, 15) is 13.2 Å². The van der Waals surface area contributed by atoms with E-state index >= 15 is 0 Å². The molecule has 0 unspecified atom stereocenters. The van der Waals surface area contributed by atoms with E-state index < -0.39 is 11.6 Å². The van der Waals surface area contributed by atoms with Gasteiger partial charge in [0.25, 0.3) is 0 Å². The standard InChI is InChI=1S/C9H15F3O/c1-7(2)5-13-6-8(3-4-8)9(10,11)12/h7H,3-6H2,1-2H3. The van der Waals surface area contributed by atoms with Gasteiger partial charge in [-0.2, -0.15) is 13.2 Å². The maximum absolute atomic E-state index is 12.3. The summed E-state index contributed by atoms with van der Waals surface area (Å²) >= 11 is 0. The quantitative estimate of drug-likeness (QED) is 0.671. The van der Waals surface area contributed by atoms with E-state index in [1.54, 1.807) is 0 Å². The summed E-state index contributed by atoms with van der Waals surface area (Å²) in [4.78, 5) is 0. The average Bonchev–Trinajstić information content (AvgIpc) is 2.65. The zero-order valence-electron chi connectivity index (χ0n) is 7.95. The molecule has 0 aromatic heterocycles. The minimum Gasteiger partial charge on any atom is -0.380 e. The van der Waals surface area contributed by atoms with Crippen molar-refractivity contribution in [1.29, 1.82) is 0 Å². The molecule has 13 heavy (non-hydrogen) atoms. The molecule has 0 amide bonds. The number of hydrogen-bond donors (Lipinski definition) is 0. The van der Waals surface area contributed by atoms with E-state index in [2.05, 4.69) is 0 Å². The predicted octanol–water partition coefficient (Wildman–Crippen LogP) is 3.00. The molecule has 1 aliphatic rings.